The molecule has 0 saturated carbocycles. The molecule has 220 valence electrons. The third-order valence-electron chi connectivity index (χ3n) is 7.22. The zero-order valence-corrected chi connectivity index (χ0v) is 26.4. The van der Waals surface area contributed by atoms with Gasteiger partial charge in [-0.2, -0.15) is 0 Å². The standard InChI is InChI=1S/C23H28BrN3O2.C7H9N.C3H6O/c1-2-3-4-21(29)26-9-11-27(12-10-26)23-20-8-7-19(28)14-16(20)5-6-17-13-18(24)15-25-22(17)23;1-2-7-4-3-5-8-6-7;1-3(2)4/h7-8,13-15,23,28H,2-6,9-12H2,1H3;3-6H,2H2,1H3;1-2H3. The molecule has 3 heterocycles. The number of carbonyl (C=O) groups is 2. The van der Waals surface area contributed by atoms with E-state index >= 15 is 0 Å². The number of unbranched alkanes of at least 4 members (excludes halogenated alkanes) is 1. The van der Waals surface area contributed by atoms with Gasteiger partial charge in [0.1, 0.15) is 11.5 Å². The Morgan fingerprint density at radius 3 is 2.32 bits per heavy atom. The van der Waals surface area contributed by atoms with Crippen molar-refractivity contribution in [1.82, 2.24) is 19.8 Å². The largest absolute Gasteiger partial charge is 0.508 e. The molecule has 1 fully saturated rings. The summed E-state index contributed by atoms with van der Waals surface area (Å²) in [6, 6.07) is 12.0. The summed E-state index contributed by atoms with van der Waals surface area (Å²) in [6.45, 7) is 10.5. The van der Waals surface area contributed by atoms with Gasteiger partial charge in [-0.15, -0.1) is 0 Å². The van der Waals surface area contributed by atoms with Gasteiger partial charge in [0.25, 0.3) is 0 Å². The zero-order valence-electron chi connectivity index (χ0n) is 24.8. The lowest BCUT2D eigenvalue weighted by molar-refractivity contribution is -0.133. The first-order chi connectivity index (χ1) is 19.7. The number of hydrogen-bond donors (Lipinski definition) is 1. The summed E-state index contributed by atoms with van der Waals surface area (Å²) in [5, 5.41) is 10.0. The molecule has 1 aliphatic carbocycles. The minimum atomic E-state index is 0.0593. The maximum absolute atomic E-state index is 12.4. The predicted molar refractivity (Wildman–Crippen MR) is 167 cm³/mol. The number of amides is 1. The Morgan fingerprint density at radius 1 is 1.00 bits per heavy atom. The normalized spacial score (nSPS) is 16.1. The summed E-state index contributed by atoms with van der Waals surface area (Å²) < 4.78 is 0.996. The second kappa shape index (κ2) is 16.4. The average Bonchev–Trinajstić information content (AvgIpc) is 3.12. The summed E-state index contributed by atoms with van der Waals surface area (Å²) in [5.41, 5.74) is 6.06. The molecule has 2 aromatic heterocycles. The first-order valence-corrected chi connectivity index (χ1v) is 15.4. The average molecular weight is 624 g/mol. The maximum atomic E-state index is 12.4. The number of Topliss-reactive ketones (excluding diaryl/α,β-unsaturated/α-hetero) is 1. The number of rotatable bonds is 5. The number of phenolic OH excluding ortho intramolecular Hbond substituents is 1. The van der Waals surface area contributed by atoms with Crippen LogP contribution in [0.4, 0.5) is 0 Å². The summed E-state index contributed by atoms with van der Waals surface area (Å²) in [5.74, 6) is 0.758. The number of fused-ring (bicyclic) bond motifs is 2. The molecular weight excluding hydrogens is 580 g/mol. The quantitative estimate of drug-likeness (QED) is 0.359. The van der Waals surface area contributed by atoms with Crippen LogP contribution in [0.25, 0.3) is 0 Å². The number of aromatic nitrogens is 2. The van der Waals surface area contributed by atoms with Crippen LogP contribution in [0.5, 0.6) is 5.75 Å². The second-order valence-corrected chi connectivity index (χ2v) is 11.5. The van der Waals surface area contributed by atoms with Crippen molar-refractivity contribution in [3.8, 4) is 5.75 Å². The lowest BCUT2D eigenvalue weighted by atomic mass is 9.96. The van der Waals surface area contributed by atoms with Crippen molar-refractivity contribution in [2.45, 2.75) is 72.3 Å². The molecule has 5 rings (SSSR count). The van der Waals surface area contributed by atoms with E-state index in [1.165, 1.54) is 36.1 Å². The molecule has 1 aliphatic heterocycles. The van der Waals surface area contributed by atoms with Gasteiger partial charge in [0, 0.05) is 55.7 Å². The van der Waals surface area contributed by atoms with Crippen LogP contribution in [0.1, 0.15) is 80.9 Å². The highest BCUT2D eigenvalue weighted by atomic mass is 79.9. The fourth-order valence-corrected chi connectivity index (χ4v) is 5.50. The molecule has 1 N–H and O–H groups in total. The molecule has 0 bridgehead atoms. The van der Waals surface area contributed by atoms with Crippen LogP contribution in [0.15, 0.2) is 59.5 Å². The number of piperazine rings is 1. The van der Waals surface area contributed by atoms with Gasteiger partial charge in [-0.05, 0) is 102 Å². The van der Waals surface area contributed by atoms with E-state index in [1.807, 2.05) is 35.5 Å². The van der Waals surface area contributed by atoms with Crippen LogP contribution in [-0.2, 0) is 28.9 Å². The van der Waals surface area contributed by atoms with Crippen molar-refractivity contribution >= 4 is 27.6 Å². The molecule has 3 aromatic rings. The van der Waals surface area contributed by atoms with Crippen molar-refractivity contribution in [2.75, 3.05) is 26.2 Å². The molecule has 1 saturated heterocycles. The first kappa shape index (κ1) is 32.4. The van der Waals surface area contributed by atoms with E-state index in [0.29, 0.717) is 12.2 Å². The maximum Gasteiger partial charge on any atom is 0.222 e. The number of benzene rings is 1. The third kappa shape index (κ3) is 9.75. The van der Waals surface area contributed by atoms with Gasteiger partial charge in [-0.3, -0.25) is 19.7 Å². The van der Waals surface area contributed by atoms with Gasteiger partial charge in [0.05, 0.1) is 11.7 Å². The van der Waals surface area contributed by atoms with E-state index in [2.05, 4.69) is 51.8 Å². The number of aromatic hydroxyl groups is 1. The van der Waals surface area contributed by atoms with Crippen LogP contribution in [0.2, 0.25) is 0 Å². The van der Waals surface area contributed by atoms with Gasteiger partial charge >= 0.3 is 0 Å². The number of nitrogens with zero attached hydrogens (tertiary/aromatic N) is 4. The summed E-state index contributed by atoms with van der Waals surface area (Å²) >= 11 is 3.56. The van der Waals surface area contributed by atoms with Crippen LogP contribution in [0.3, 0.4) is 0 Å². The Balaban J connectivity index is 0.000000321. The highest BCUT2D eigenvalue weighted by Crippen LogP contribution is 2.38. The minimum Gasteiger partial charge on any atom is -0.508 e. The number of pyridine rings is 2. The van der Waals surface area contributed by atoms with Gasteiger partial charge in [-0.25, -0.2) is 0 Å². The van der Waals surface area contributed by atoms with Crippen molar-refractivity contribution in [2.24, 2.45) is 0 Å². The summed E-state index contributed by atoms with van der Waals surface area (Å²) in [7, 11) is 0. The second-order valence-electron chi connectivity index (χ2n) is 10.6. The SMILES string of the molecule is CC(C)=O.CCCCC(=O)N1CCN(C2c3ccc(O)cc3CCc3cc(Br)cnc32)CC1.CCc1cccnc1. The van der Waals surface area contributed by atoms with E-state index in [9.17, 15) is 14.7 Å². The number of phenols is 1. The zero-order chi connectivity index (χ0) is 29.8. The first-order valence-electron chi connectivity index (χ1n) is 14.6. The number of carbonyl (C=O) groups excluding carboxylic acids is 2. The van der Waals surface area contributed by atoms with Crippen molar-refractivity contribution < 1.29 is 14.7 Å². The highest BCUT2D eigenvalue weighted by Gasteiger charge is 2.33. The molecule has 1 aromatic carbocycles. The van der Waals surface area contributed by atoms with Crippen LogP contribution in [-0.4, -0.2) is 62.7 Å². The molecular formula is C33H43BrN4O3. The molecule has 7 nitrogen and oxygen atoms in total. The molecule has 1 amide bonds. The lowest BCUT2D eigenvalue weighted by Gasteiger charge is -2.40. The molecule has 41 heavy (non-hydrogen) atoms. The van der Waals surface area contributed by atoms with Gasteiger partial charge in [0.2, 0.25) is 5.91 Å². The van der Waals surface area contributed by atoms with Crippen LogP contribution >= 0.6 is 15.9 Å². The highest BCUT2D eigenvalue weighted by molar-refractivity contribution is 9.10. The van der Waals surface area contributed by atoms with Crippen molar-refractivity contribution in [3.05, 3.63) is 87.4 Å². The van der Waals surface area contributed by atoms with E-state index in [-0.39, 0.29) is 17.7 Å². The molecule has 8 heteroatoms. The molecule has 2 aliphatic rings. The van der Waals surface area contributed by atoms with Gasteiger partial charge in [-0.1, -0.05) is 32.4 Å². The topological polar surface area (TPSA) is 86.6 Å². The fraction of sp³-hybridized carbons (Fsp3) is 0.455. The van der Waals surface area contributed by atoms with E-state index in [0.717, 1.165) is 68.4 Å². The van der Waals surface area contributed by atoms with Crippen LogP contribution in [0, 0.1) is 0 Å². The van der Waals surface area contributed by atoms with E-state index in [1.54, 1.807) is 12.3 Å². The number of hydrogen-bond acceptors (Lipinski definition) is 6. The molecule has 1 unspecified atom stereocenters. The minimum absolute atomic E-state index is 0.0593. The Labute approximate surface area is 253 Å². The van der Waals surface area contributed by atoms with E-state index < -0.39 is 0 Å². The Hall–Kier alpha value is -3.10. The predicted octanol–water partition coefficient (Wildman–Crippen LogP) is 6.31. The summed E-state index contributed by atoms with van der Waals surface area (Å²) in [6.07, 6.45) is 11.1. The molecule has 1 atom stereocenters. The molecule has 0 spiro atoms. The monoisotopic (exact) mass is 622 g/mol. The summed E-state index contributed by atoms with van der Waals surface area (Å²) in [4.78, 5) is 35.1. The van der Waals surface area contributed by atoms with Gasteiger partial charge in [0.15, 0.2) is 0 Å². The Bertz CT molecular complexity index is 1220. The Morgan fingerprint density at radius 2 is 1.71 bits per heavy atom. The molecule has 0 radical (unpaired) electrons. The number of aryl methyl sites for hydroxylation is 3. The van der Waals surface area contributed by atoms with Crippen molar-refractivity contribution in [3.63, 3.8) is 0 Å². The third-order valence-corrected chi connectivity index (χ3v) is 7.65. The number of ketones is 1. The van der Waals surface area contributed by atoms with E-state index in [4.69, 9.17) is 4.98 Å². The lowest BCUT2D eigenvalue weighted by Crippen LogP contribution is -2.50. The number of halogens is 1. The van der Waals surface area contributed by atoms with Crippen LogP contribution < -0.4 is 0 Å². The van der Waals surface area contributed by atoms with Gasteiger partial charge < -0.3 is 14.8 Å². The Kier molecular flexibility index (Phi) is 12.9. The fourth-order valence-electron chi connectivity index (χ4n) is 5.12. The smallest absolute Gasteiger partial charge is 0.222 e. The van der Waals surface area contributed by atoms with Crippen molar-refractivity contribution in [1.29, 1.82) is 0 Å².